The molecule has 21 heavy (non-hydrogen) atoms. The van der Waals surface area contributed by atoms with Gasteiger partial charge in [0.15, 0.2) is 0 Å². The number of imidazole rings is 1. The Kier molecular flexibility index (Phi) is 5.61. The number of hydrogen-bond acceptors (Lipinski definition) is 4. The SMILES string of the molecule is COc1ccc(CN(CCO)Cc2cncn2C)cc1Cl. The fourth-order valence-corrected chi connectivity index (χ4v) is 2.47. The second-order valence-electron chi connectivity index (χ2n) is 4.90. The zero-order valence-electron chi connectivity index (χ0n) is 12.3. The van der Waals surface area contributed by atoms with Crippen molar-refractivity contribution in [2.75, 3.05) is 20.3 Å². The van der Waals surface area contributed by atoms with Gasteiger partial charge in [-0.1, -0.05) is 17.7 Å². The van der Waals surface area contributed by atoms with Crippen molar-refractivity contribution in [3.05, 3.63) is 47.0 Å². The van der Waals surface area contributed by atoms with E-state index in [9.17, 15) is 5.11 Å². The largest absolute Gasteiger partial charge is 0.495 e. The predicted molar refractivity (Wildman–Crippen MR) is 82.4 cm³/mol. The number of aliphatic hydroxyl groups is 1. The molecule has 0 radical (unpaired) electrons. The Morgan fingerprint density at radius 1 is 1.38 bits per heavy atom. The molecule has 5 nitrogen and oxygen atoms in total. The van der Waals surface area contributed by atoms with Gasteiger partial charge in [0, 0.05) is 32.9 Å². The Labute approximate surface area is 129 Å². The van der Waals surface area contributed by atoms with Crippen LogP contribution in [0, 0.1) is 0 Å². The highest BCUT2D eigenvalue weighted by Crippen LogP contribution is 2.25. The van der Waals surface area contributed by atoms with Gasteiger partial charge in [-0.2, -0.15) is 0 Å². The number of rotatable bonds is 7. The van der Waals surface area contributed by atoms with Crippen molar-refractivity contribution in [3.8, 4) is 5.75 Å². The van der Waals surface area contributed by atoms with Crippen LogP contribution >= 0.6 is 11.6 Å². The molecule has 2 aromatic rings. The third-order valence-electron chi connectivity index (χ3n) is 3.34. The fraction of sp³-hybridized carbons (Fsp3) is 0.400. The van der Waals surface area contributed by atoms with Crippen LogP contribution in [-0.2, 0) is 20.1 Å². The van der Waals surface area contributed by atoms with E-state index in [-0.39, 0.29) is 6.61 Å². The van der Waals surface area contributed by atoms with Crippen LogP contribution in [0.5, 0.6) is 5.75 Å². The lowest BCUT2D eigenvalue weighted by Crippen LogP contribution is -2.27. The van der Waals surface area contributed by atoms with E-state index < -0.39 is 0 Å². The lowest BCUT2D eigenvalue weighted by Gasteiger charge is -2.21. The molecule has 0 unspecified atom stereocenters. The molecule has 1 aromatic carbocycles. The first-order valence-electron chi connectivity index (χ1n) is 6.75. The molecule has 0 amide bonds. The number of aliphatic hydroxyl groups excluding tert-OH is 1. The molecule has 1 N–H and O–H groups in total. The Morgan fingerprint density at radius 3 is 2.76 bits per heavy atom. The summed E-state index contributed by atoms with van der Waals surface area (Å²) in [6.45, 7) is 2.13. The molecule has 2 rings (SSSR count). The summed E-state index contributed by atoms with van der Waals surface area (Å²) in [5, 5.41) is 9.84. The minimum atomic E-state index is 0.113. The highest BCUT2D eigenvalue weighted by Gasteiger charge is 2.10. The number of nitrogens with zero attached hydrogens (tertiary/aromatic N) is 3. The van der Waals surface area contributed by atoms with Gasteiger partial charge in [0.05, 0.1) is 30.8 Å². The summed E-state index contributed by atoms with van der Waals surface area (Å²) in [5.74, 6) is 0.667. The normalized spacial score (nSPS) is 11.1. The Morgan fingerprint density at radius 2 is 2.19 bits per heavy atom. The summed E-state index contributed by atoms with van der Waals surface area (Å²) in [5.41, 5.74) is 2.18. The zero-order chi connectivity index (χ0) is 15.2. The van der Waals surface area contributed by atoms with Crippen molar-refractivity contribution >= 4 is 11.6 Å². The molecule has 0 saturated carbocycles. The van der Waals surface area contributed by atoms with Crippen LogP contribution < -0.4 is 4.74 Å². The van der Waals surface area contributed by atoms with E-state index in [0.29, 0.717) is 23.9 Å². The van der Waals surface area contributed by atoms with Gasteiger partial charge in [-0.15, -0.1) is 0 Å². The topological polar surface area (TPSA) is 50.5 Å². The van der Waals surface area contributed by atoms with Crippen molar-refractivity contribution in [2.45, 2.75) is 13.1 Å². The zero-order valence-corrected chi connectivity index (χ0v) is 13.0. The van der Waals surface area contributed by atoms with Crippen molar-refractivity contribution in [1.82, 2.24) is 14.5 Å². The number of hydrogen-bond donors (Lipinski definition) is 1. The van der Waals surface area contributed by atoms with Crippen molar-refractivity contribution in [2.24, 2.45) is 7.05 Å². The van der Waals surface area contributed by atoms with Gasteiger partial charge in [-0.25, -0.2) is 4.98 Å². The van der Waals surface area contributed by atoms with Crippen LogP contribution in [0.1, 0.15) is 11.3 Å². The molecule has 0 spiro atoms. The van der Waals surface area contributed by atoms with Crippen molar-refractivity contribution in [3.63, 3.8) is 0 Å². The first-order valence-corrected chi connectivity index (χ1v) is 7.12. The average Bonchev–Trinajstić information content (AvgIpc) is 2.85. The molecule has 0 aliphatic heterocycles. The molecule has 0 aliphatic rings. The molecule has 1 heterocycles. The number of ether oxygens (including phenoxy) is 1. The maximum Gasteiger partial charge on any atom is 0.137 e. The smallest absolute Gasteiger partial charge is 0.137 e. The lowest BCUT2D eigenvalue weighted by molar-refractivity contribution is 0.181. The van der Waals surface area contributed by atoms with Gasteiger partial charge in [-0.05, 0) is 17.7 Å². The molecule has 0 bridgehead atoms. The number of aromatic nitrogens is 2. The first kappa shape index (κ1) is 15.8. The Balaban J connectivity index is 2.09. The molecule has 0 aliphatic carbocycles. The maximum atomic E-state index is 9.24. The van der Waals surface area contributed by atoms with Crippen molar-refractivity contribution in [1.29, 1.82) is 0 Å². The monoisotopic (exact) mass is 309 g/mol. The van der Waals surface area contributed by atoms with E-state index in [0.717, 1.165) is 17.8 Å². The molecular formula is C15H20ClN3O2. The van der Waals surface area contributed by atoms with E-state index in [1.165, 1.54) is 0 Å². The third-order valence-corrected chi connectivity index (χ3v) is 3.64. The number of aryl methyl sites for hydroxylation is 1. The Hall–Kier alpha value is -1.56. The highest BCUT2D eigenvalue weighted by atomic mass is 35.5. The van der Waals surface area contributed by atoms with Gasteiger partial charge in [0.25, 0.3) is 0 Å². The molecule has 0 fully saturated rings. The second kappa shape index (κ2) is 7.45. The summed E-state index contributed by atoms with van der Waals surface area (Å²) >= 11 is 6.15. The first-order chi connectivity index (χ1) is 10.1. The second-order valence-corrected chi connectivity index (χ2v) is 5.31. The van der Waals surface area contributed by atoms with Gasteiger partial charge in [0.1, 0.15) is 5.75 Å². The van der Waals surface area contributed by atoms with E-state index in [1.807, 2.05) is 36.0 Å². The van der Waals surface area contributed by atoms with Gasteiger partial charge < -0.3 is 14.4 Å². The van der Waals surface area contributed by atoms with Crippen molar-refractivity contribution < 1.29 is 9.84 Å². The molecule has 6 heteroatoms. The van der Waals surface area contributed by atoms with E-state index in [4.69, 9.17) is 16.3 Å². The standard InChI is InChI=1S/C15H20ClN3O2/c1-18-11-17-8-13(18)10-19(5-6-20)9-12-3-4-15(21-2)14(16)7-12/h3-4,7-8,11,20H,5-6,9-10H2,1-2H3. The molecule has 114 valence electrons. The minimum Gasteiger partial charge on any atom is -0.495 e. The third kappa shape index (κ3) is 4.20. The Bertz CT molecular complexity index is 586. The van der Waals surface area contributed by atoms with E-state index in [1.54, 1.807) is 13.4 Å². The minimum absolute atomic E-state index is 0.113. The fourth-order valence-electron chi connectivity index (χ4n) is 2.19. The number of benzene rings is 1. The van der Waals surface area contributed by atoms with Crippen LogP contribution in [0.3, 0.4) is 0 Å². The van der Waals surface area contributed by atoms with Crippen LogP contribution in [-0.4, -0.2) is 39.8 Å². The summed E-state index contributed by atoms with van der Waals surface area (Å²) < 4.78 is 7.13. The van der Waals surface area contributed by atoms with E-state index in [2.05, 4.69) is 9.88 Å². The quantitative estimate of drug-likeness (QED) is 0.851. The molecule has 0 atom stereocenters. The molecule has 1 aromatic heterocycles. The molecule has 0 saturated heterocycles. The van der Waals surface area contributed by atoms with Crippen LogP contribution in [0.4, 0.5) is 0 Å². The van der Waals surface area contributed by atoms with Crippen LogP contribution in [0.2, 0.25) is 5.02 Å². The van der Waals surface area contributed by atoms with Crippen LogP contribution in [0.15, 0.2) is 30.7 Å². The summed E-state index contributed by atoms with van der Waals surface area (Å²) in [4.78, 5) is 6.26. The summed E-state index contributed by atoms with van der Waals surface area (Å²) in [7, 11) is 3.56. The maximum absolute atomic E-state index is 9.24. The van der Waals surface area contributed by atoms with E-state index >= 15 is 0 Å². The van der Waals surface area contributed by atoms with Gasteiger partial charge >= 0.3 is 0 Å². The lowest BCUT2D eigenvalue weighted by atomic mass is 10.2. The van der Waals surface area contributed by atoms with Gasteiger partial charge in [0.2, 0.25) is 0 Å². The summed E-state index contributed by atoms with van der Waals surface area (Å²) in [6, 6.07) is 5.74. The summed E-state index contributed by atoms with van der Waals surface area (Å²) in [6.07, 6.45) is 3.61. The predicted octanol–water partition coefficient (Wildman–Crippen LogP) is 2.08. The van der Waals surface area contributed by atoms with Gasteiger partial charge in [-0.3, -0.25) is 4.90 Å². The van der Waals surface area contributed by atoms with Crippen LogP contribution in [0.25, 0.3) is 0 Å². The highest BCUT2D eigenvalue weighted by molar-refractivity contribution is 6.32. The number of halogens is 1. The average molecular weight is 310 g/mol. The number of methoxy groups -OCH3 is 1. The molecular weight excluding hydrogens is 290 g/mol.